The van der Waals surface area contributed by atoms with E-state index in [2.05, 4.69) is 26.0 Å². The zero-order valence-electron chi connectivity index (χ0n) is 8.14. The minimum absolute atomic E-state index is 0.686. The summed E-state index contributed by atoms with van der Waals surface area (Å²) in [6.07, 6.45) is 8.31. The van der Waals surface area contributed by atoms with Gasteiger partial charge in [0.25, 0.3) is 0 Å². The molecule has 1 unspecified atom stereocenters. The van der Waals surface area contributed by atoms with Gasteiger partial charge in [0.2, 0.25) is 0 Å². The van der Waals surface area contributed by atoms with Crippen LogP contribution in [0.4, 0.5) is 0 Å². The van der Waals surface area contributed by atoms with Crippen LogP contribution in [0.5, 0.6) is 0 Å². The van der Waals surface area contributed by atoms with E-state index < -0.39 is 0 Å². The molecule has 1 aliphatic carbocycles. The molecule has 0 aromatic rings. The fourth-order valence-electron chi connectivity index (χ4n) is 1.73. The van der Waals surface area contributed by atoms with E-state index in [0.717, 1.165) is 5.92 Å². The van der Waals surface area contributed by atoms with Crippen LogP contribution in [0.3, 0.4) is 0 Å². The smallest absolute Gasteiger partial charge is 0.0109 e. The Balaban J connectivity index is 2.51. The van der Waals surface area contributed by atoms with Crippen LogP contribution in [-0.2, 0) is 0 Å². The van der Waals surface area contributed by atoms with Crippen molar-refractivity contribution in [3.8, 4) is 0 Å². The molecule has 12 heavy (non-hydrogen) atoms. The first kappa shape index (κ1) is 9.53. The van der Waals surface area contributed by atoms with E-state index in [1.807, 2.05) is 0 Å². The summed E-state index contributed by atoms with van der Waals surface area (Å²) in [5.74, 6) is 0.761. The van der Waals surface area contributed by atoms with Gasteiger partial charge in [-0.25, -0.2) is 0 Å². The van der Waals surface area contributed by atoms with Crippen molar-refractivity contribution < 1.29 is 0 Å². The second-order valence-electron chi connectivity index (χ2n) is 3.71. The summed E-state index contributed by atoms with van der Waals surface area (Å²) in [5, 5.41) is 0. The maximum atomic E-state index is 5.47. The number of hydrogen-bond acceptors (Lipinski definition) is 1. The predicted octanol–water partition coefficient (Wildman–Crippen LogP) is 2.64. The molecule has 0 fully saturated rings. The zero-order valence-corrected chi connectivity index (χ0v) is 8.14. The Morgan fingerprint density at radius 3 is 3.00 bits per heavy atom. The number of hydrogen-bond donors (Lipinski definition) is 1. The summed E-state index contributed by atoms with van der Waals surface area (Å²) in [4.78, 5) is 0. The molecule has 0 saturated heterocycles. The zero-order chi connectivity index (χ0) is 8.97. The molecule has 0 aliphatic heterocycles. The lowest BCUT2D eigenvalue weighted by Gasteiger charge is -2.21. The van der Waals surface area contributed by atoms with E-state index in [4.69, 9.17) is 5.73 Å². The van der Waals surface area contributed by atoms with Crippen molar-refractivity contribution in [2.45, 2.75) is 33.1 Å². The third-order valence-corrected chi connectivity index (χ3v) is 2.72. The van der Waals surface area contributed by atoms with Crippen molar-refractivity contribution >= 4 is 0 Å². The molecule has 0 spiro atoms. The van der Waals surface area contributed by atoms with Crippen LogP contribution in [0.2, 0.25) is 0 Å². The lowest BCUT2D eigenvalue weighted by Crippen LogP contribution is -2.07. The van der Waals surface area contributed by atoms with E-state index in [1.165, 1.54) is 24.8 Å². The van der Waals surface area contributed by atoms with Crippen molar-refractivity contribution in [1.29, 1.82) is 0 Å². The van der Waals surface area contributed by atoms with Gasteiger partial charge in [-0.1, -0.05) is 23.3 Å². The molecule has 0 heterocycles. The first-order valence-electron chi connectivity index (χ1n) is 4.76. The number of nitrogens with two attached hydrogens (primary N) is 1. The standard InChI is InChI=1S/C11H19N/c1-9-3-5-11(6-4-9)10(2)7-8-12/h3,7,11H,4-6,8,12H2,1-2H3. The molecule has 0 saturated carbocycles. The fourth-order valence-corrected chi connectivity index (χ4v) is 1.73. The Hall–Kier alpha value is -0.560. The second kappa shape index (κ2) is 4.46. The van der Waals surface area contributed by atoms with Crippen LogP contribution < -0.4 is 5.73 Å². The molecule has 1 atom stereocenters. The van der Waals surface area contributed by atoms with E-state index >= 15 is 0 Å². The number of allylic oxidation sites excluding steroid dienone is 3. The lowest BCUT2D eigenvalue weighted by molar-refractivity contribution is 0.537. The molecule has 1 heteroatoms. The van der Waals surface area contributed by atoms with Gasteiger partial charge < -0.3 is 5.73 Å². The highest BCUT2D eigenvalue weighted by Gasteiger charge is 2.13. The van der Waals surface area contributed by atoms with Crippen LogP contribution in [0, 0.1) is 5.92 Å². The van der Waals surface area contributed by atoms with Crippen LogP contribution in [-0.4, -0.2) is 6.54 Å². The molecule has 68 valence electrons. The summed E-state index contributed by atoms with van der Waals surface area (Å²) in [5.41, 5.74) is 8.49. The SMILES string of the molecule is CC1=CCC(C(C)=CCN)CC1. The topological polar surface area (TPSA) is 26.0 Å². The highest BCUT2D eigenvalue weighted by molar-refractivity contribution is 5.12. The molecule has 1 nitrogen and oxygen atoms in total. The van der Waals surface area contributed by atoms with Gasteiger partial charge in [0.05, 0.1) is 0 Å². The summed E-state index contributed by atoms with van der Waals surface area (Å²) < 4.78 is 0. The molecule has 0 aromatic heterocycles. The van der Waals surface area contributed by atoms with Crippen molar-refractivity contribution in [2.24, 2.45) is 11.7 Å². The molecular weight excluding hydrogens is 146 g/mol. The van der Waals surface area contributed by atoms with Crippen LogP contribution in [0.15, 0.2) is 23.3 Å². The van der Waals surface area contributed by atoms with Gasteiger partial charge in [-0.15, -0.1) is 0 Å². The van der Waals surface area contributed by atoms with Crippen molar-refractivity contribution in [1.82, 2.24) is 0 Å². The van der Waals surface area contributed by atoms with Gasteiger partial charge in [0, 0.05) is 6.54 Å². The first-order chi connectivity index (χ1) is 5.74. The fraction of sp³-hybridized carbons (Fsp3) is 0.636. The lowest BCUT2D eigenvalue weighted by atomic mass is 9.85. The highest BCUT2D eigenvalue weighted by atomic mass is 14.5. The van der Waals surface area contributed by atoms with Gasteiger partial charge in [-0.3, -0.25) is 0 Å². The van der Waals surface area contributed by atoms with Crippen LogP contribution in [0.25, 0.3) is 0 Å². The Bertz CT molecular complexity index is 201. The molecule has 0 aromatic carbocycles. The monoisotopic (exact) mass is 165 g/mol. The highest BCUT2D eigenvalue weighted by Crippen LogP contribution is 2.28. The van der Waals surface area contributed by atoms with Gasteiger partial charge in [0.1, 0.15) is 0 Å². The van der Waals surface area contributed by atoms with E-state index in [1.54, 1.807) is 5.57 Å². The third kappa shape index (κ3) is 2.49. The second-order valence-corrected chi connectivity index (χ2v) is 3.71. The van der Waals surface area contributed by atoms with Gasteiger partial charge in [-0.2, -0.15) is 0 Å². The van der Waals surface area contributed by atoms with Crippen LogP contribution in [0.1, 0.15) is 33.1 Å². The minimum Gasteiger partial charge on any atom is -0.327 e. The summed E-state index contributed by atoms with van der Waals surface area (Å²) in [6, 6.07) is 0. The van der Waals surface area contributed by atoms with Crippen molar-refractivity contribution in [3.63, 3.8) is 0 Å². The van der Waals surface area contributed by atoms with Gasteiger partial charge in [0.15, 0.2) is 0 Å². The maximum absolute atomic E-state index is 5.47. The minimum atomic E-state index is 0.686. The molecule has 1 rings (SSSR count). The molecule has 0 amide bonds. The summed E-state index contributed by atoms with van der Waals surface area (Å²) in [7, 11) is 0. The average molecular weight is 165 g/mol. The Morgan fingerprint density at radius 2 is 2.50 bits per heavy atom. The average Bonchev–Trinajstić information content (AvgIpc) is 2.06. The largest absolute Gasteiger partial charge is 0.327 e. The van der Waals surface area contributed by atoms with Gasteiger partial charge >= 0.3 is 0 Å². The van der Waals surface area contributed by atoms with E-state index in [0.29, 0.717) is 6.54 Å². The Morgan fingerprint density at radius 1 is 1.75 bits per heavy atom. The number of rotatable bonds is 2. The Kier molecular flexibility index (Phi) is 3.54. The van der Waals surface area contributed by atoms with Gasteiger partial charge in [-0.05, 0) is 39.0 Å². The van der Waals surface area contributed by atoms with E-state index in [-0.39, 0.29) is 0 Å². The molecule has 2 N–H and O–H groups in total. The summed E-state index contributed by atoms with van der Waals surface area (Å²) >= 11 is 0. The molecule has 0 radical (unpaired) electrons. The van der Waals surface area contributed by atoms with E-state index in [9.17, 15) is 0 Å². The quantitative estimate of drug-likeness (QED) is 0.625. The molecule has 0 bridgehead atoms. The first-order valence-corrected chi connectivity index (χ1v) is 4.76. The summed E-state index contributed by atoms with van der Waals surface area (Å²) in [6.45, 7) is 5.11. The molecular formula is C11H19N. The van der Waals surface area contributed by atoms with Crippen LogP contribution >= 0.6 is 0 Å². The van der Waals surface area contributed by atoms with Crippen molar-refractivity contribution in [3.05, 3.63) is 23.3 Å². The normalized spacial score (nSPS) is 25.4. The predicted molar refractivity (Wildman–Crippen MR) is 53.9 cm³/mol. The third-order valence-electron chi connectivity index (χ3n) is 2.72. The Labute approximate surface area is 75.3 Å². The molecule has 1 aliphatic rings. The maximum Gasteiger partial charge on any atom is 0.0109 e. The van der Waals surface area contributed by atoms with Crippen molar-refractivity contribution in [2.75, 3.05) is 6.54 Å².